The number of ether oxygens (including phenoxy) is 2. The summed E-state index contributed by atoms with van der Waals surface area (Å²) in [6, 6.07) is 6.89. The second-order valence-corrected chi connectivity index (χ2v) is 5.67. The summed E-state index contributed by atoms with van der Waals surface area (Å²) in [7, 11) is 1.28. The molecular weight excluding hydrogens is 298 g/mol. The Morgan fingerprint density at radius 2 is 2.09 bits per heavy atom. The van der Waals surface area contributed by atoms with E-state index in [1.807, 2.05) is 31.2 Å². The van der Waals surface area contributed by atoms with Crippen LogP contribution in [0.2, 0.25) is 0 Å². The summed E-state index contributed by atoms with van der Waals surface area (Å²) in [4.78, 5) is 25.7. The maximum atomic E-state index is 12.4. The molecule has 1 saturated heterocycles. The van der Waals surface area contributed by atoms with Crippen LogP contribution in [-0.4, -0.2) is 54.3 Å². The van der Waals surface area contributed by atoms with E-state index >= 15 is 0 Å². The van der Waals surface area contributed by atoms with Crippen LogP contribution in [0.25, 0.3) is 0 Å². The van der Waals surface area contributed by atoms with Crippen LogP contribution >= 0.6 is 0 Å². The summed E-state index contributed by atoms with van der Waals surface area (Å²) in [5.74, 6) is 0.0942. The minimum absolute atomic E-state index is 0.166. The number of hydrogen-bond acceptors (Lipinski definition) is 5. The van der Waals surface area contributed by atoms with Crippen molar-refractivity contribution in [2.45, 2.75) is 38.3 Å². The highest BCUT2D eigenvalue weighted by atomic mass is 16.5. The van der Waals surface area contributed by atoms with Gasteiger partial charge in [0, 0.05) is 13.0 Å². The largest absolute Gasteiger partial charge is 0.493 e. The molecule has 0 radical (unpaired) electrons. The number of methoxy groups -OCH3 is 1. The summed E-state index contributed by atoms with van der Waals surface area (Å²) in [5, 5.41) is 9.71. The fraction of sp³-hybridized carbons (Fsp3) is 0.529. The van der Waals surface area contributed by atoms with Gasteiger partial charge in [-0.25, -0.2) is 4.79 Å². The number of hydrogen-bond donors (Lipinski definition) is 1. The normalized spacial score (nSPS) is 20.9. The highest BCUT2D eigenvalue weighted by Crippen LogP contribution is 2.20. The predicted octanol–water partition coefficient (Wildman–Crippen LogP) is 1.29. The molecule has 1 aliphatic rings. The minimum atomic E-state index is -0.713. The third kappa shape index (κ3) is 4.45. The lowest BCUT2D eigenvalue weighted by molar-refractivity contribution is -0.157. The van der Waals surface area contributed by atoms with Crippen molar-refractivity contribution in [3.63, 3.8) is 0 Å². The van der Waals surface area contributed by atoms with Gasteiger partial charge in [0.2, 0.25) is 5.91 Å². The lowest BCUT2D eigenvalue weighted by atomic mass is 9.99. The van der Waals surface area contributed by atoms with Gasteiger partial charge >= 0.3 is 5.97 Å². The summed E-state index contributed by atoms with van der Waals surface area (Å²) in [5.41, 5.74) is 1.01. The average Bonchev–Trinajstić information content (AvgIpc) is 2.55. The first kappa shape index (κ1) is 17.3. The molecule has 0 saturated carbocycles. The second kappa shape index (κ2) is 7.97. The van der Waals surface area contributed by atoms with Crippen LogP contribution in [-0.2, 0) is 14.3 Å². The molecule has 1 aromatic rings. The van der Waals surface area contributed by atoms with Gasteiger partial charge in [0.1, 0.15) is 11.8 Å². The Kier molecular flexibility index (Phi) is 5.98. The lowest BCUT2D eigenvalue weighted by Gasteiger charge is -2.36. The molecule has 6 nitrogen and oxygen atoms in total. The Morgan fingerprint density at radius 1 is 1.35 bits per heavy atom. The SMILES string of the molecule is COC(=O)[C@@H]1C[C@H](O)CCN1C(=O)CCOc1ccccc1C. The number of carbonyl (C=O) groups excluding carboxylic acids is 2. The number of benzene rings is 1. The van der Waals surface area contributed by atoms with Crippen molar-refractivity contribution in [2.75, 3.05) is 20.3 Å². The van der Waals surface area contributed by atoms with Gasteiger partial charge in [-0.1, -0.05) is 18.2 Å². The van der Waals surface area contributed by atoms with Crippen molar-refractivity contribution in [1.82, 2.24) is 4.90 Å². The van der Waals surface area contributed by atoms with E-state index < -0.39 is 18.1 Å². The van der Waals surface area contributed by atoms with Crippen molar-refractivity contribution < 1.29 is 24.2 Å². The maximum absolute atomic E-state index is 12.4. The number of para-hydroxylation sites is 1. The van der Waals surface area contributed by atoms with Crippen LogP contribution in [0.3, 0.4) is 0 Å². The number of aliphatic hydroxyl groups excluding tert-OH is 1. The molecule has 0 spiro atoms. The Hall–Kier alpha value is -2.08. The smallest absolute Gasteiger partial charge is 0.328 e. The number of rotatable bonds is 5. The van der Waals surface area contributed by atoms with Gasteiger partial charge in [-0.3, -0.25) is 4.79 Å². The molecule has 2 atom stereocenters. The molecule has 0 unspecified atom stereocenters. The molecule has 1 aliphatic heterocycles. The fourth-order valence-electron chi connectivity index (χ4n) is 2.72. The standard InChI is InChI=1S/C17H23NO5/c1-12-5-3-4-6-15(12)23-10-8-16(20)18-9-7-13(19)11-14(18)17(21)22-2/h3-6,13-14,19H,7-11H2,1-2H3/t13-,14+/m1/s1. The molecule has 1 amide bonds. The monoisotopic (exact) mass is 321 g/mol. The highest BCUT2D eigenvalue weighted by molar-refractivity contribution is 5.84. The van der Waals surface area contributed by atoms with Crippen molar-refractivity contribution in [3.05, 3.63) is 29.8 Å². The number of carbonyl (C=O) groups is 2. The lowest BCUT2D eigenvalue weighted by Crippen LogP contribution is -2.52. The first-order valence-electron chi connectivity index (χ1n) is 7.76. The zero-order chi connectivity index (χ0) is 16.8. The molecule has 126 valence electrons. The van der Waals surface area contributed by atoms with E-state index in [9.17, 15) is 14.7 Å². The molecule has 1 heterocycles. The zero-order valence-corrected chi connectivity index (χ0v) is 13.5. The molecule has 1 fully saturated rings. The molecule has 0 aliphatic carbocycles. The minimum Gasteiger partial charge on any atom is -0.493 e. The Morgan fingerprint density at radius 3 is 2.78 bits per heavy atom. The number of piperidine rings is 1. The van der Waals surface area contributed by atoms with E-state index in [0.29, 0.717) is 13.0 Å². The summed E-state index contributed by atoms with van der Waals surface area (Å²) in [6.45, 7) is 2.54. The third-order valence-electron chi connectivity index (χ3n) is 4.04. The van der Waals surface area contributed by atoms with Gasteiger partial charge in [-0.15, -0.1) is 0 Å². The van der Waals surface area contributed by atoms with Gasteiger partial charge in [0.05, 0.1) is 26.2 Å². The van der Waals surface area contributed by atoms with Crippen molar-refractivity contribution in [3.8, 4) is 5.75 Å². The maximum Gasteiger partial charge on any atom is 0.328 e. The molecule has 0 aromatic heterocycles. The van der Waals surface area contributed by atoms with Crippen molar-refractivity contribution in [1.29, 1.82) is 0 Å². The van der Waals surface area contributed by atoms with E-state index in [4.69, 9.17) is 9.47 Å². The van der Waals surface area contributed by atoms with Gasteiger partial charge in [-0.05, 0) is 25.0 Å². The van der Waals surface area contributed by atoms with Gasteiger partial charge in [0.15, 0.2) is 0 Å². The number of aliphatic hydroxyl groups is 1. The third-order valence-corrected chi connectivity index (χ3v) is 4.04. The van der Waals surface area contributed by atoms with E-state index in [1.54, 1.807) is 0 Å². The summed E-state index contributed by atoms with van der Waals surface area (Å²) in [6.07, 6.45) is 0.290. The second-order valence-electron chi connectivity index (χ2n) is 5.67. The van der Waals surface area contributed by atoms with Crippen LogP contribution in [0.15, 0.2) is 24.3 Å². The first-order chi connectivity index (χ1) is 11.0. The number of aryl methyl sites for hydroxylation is 1. The first-order valence-corrected chi connectivity index (χ1v) is 7.76. The van der Waals surface area contributed by atoms with Crippen LogP contribution in [0.5, 0.6) is 5.75 Å². The topological polar surface area (TPSA) is 76.1 Å². The zero-order valence-electron chi connectivity index (χ0n) is 13.5. The van der Waals surface area contributed by atoms with Crippen LogP contribution in [0.1, 0.15) is 24.8 Å². The predicted molar refractivity (Wildman–Crippen MR) is 84.0 cm³/mol. The van der Waals surface area contributed by atoms with E-state index in [2.05, 4.69) is 0 Å². The molecule has 1 N–H and O–H groups in total. The number of esters is 1. The van der Waals surface area contributed by atoms with E-state index in [1.165, 1.54) is 12.0 Å². The fourth-order valence-corrected chi connectivity index (χ4v) is 2.72. The number of nitrogens with zero attached hydrogens (tertiary/aromatic N) is 1. The molecule has 0 bridgehead atoms. The molecular formula is C17H23NO5. The van der Waals surface area contributed by atoms with E-state index in [-0.39, 0.29) is 25.4 Å². The Bertz CT molecular complexity index is 560. The van der Waals surface area contributed by atoms with Crippen LogP contribution < -0.4 is 4.74 Å². The summed E-state index contributed by atoms with van der Waals surface area (Å²) < 4.78 is 10.4. The van der Waals surface area contributed by atoms with Crippen LogP contribution in [0.4, 0.5) is 0 Å². The van der Waals surface area contributed by atoms with Crippen molar-refractivity contribution in [2.24, 2.45) is 0 Å². The van der Waals surface area contributed by atoms with Gasteiger partial charge in [-0.2, -0.15) is 0 Å². The van der Waals surface area contributed by atoms with Gasteiger partial charge in [0.25, 0.3) is 0 Å². The van der Waals surface area contributed by atoms with E-state index in [0.717, 1.165) is 11.3 Å². The van der Waals surface area contributed by atoms with Crippen molar-refractivity contribution >= 4 is 11.9 Å². The van der Waals surface area contributed by atoms with Crippen LogP contribution in [0, 0.1) is 6.92 Å². The Balaban J connectivity index is 1.91. The number of amides is 1. The molecule has 6 heteroatoms. The summed E-state index contributed by atoms with van der Waals surface area (Å²) >= 11 is 0. The van der Waals surface area contributed by atoms with Gasteiger partial charge < -0.3 is 19.5 Å². The average molecular weight is 321 g/mol. The Labute approximate surface area is 136 Å². The highest BCUT2D eigenvalue weighted by Gasteiger charge is 2.36. The quantitative estimate of drug-likeness (QED) is 0.827. The molecule has 1 aromatic carbocycles. The molecule has 2 rings (SSSR count). The number of likely N-dealkylation sites (tertiary alicyclic amines) is 1. The molecule has 23 heavy (non-hydrogen) atoms.